The molecule has 2 N–H and O–H groups in total. The molecule has 6 nitrogen and oxygen atoms in total. The summed E-state index contributed by atoms with van der Waals surface area (Å²) in [6, 6.07) is 9.66. The van der Waals surface area contributed by atoms with Crippen LogP contribution in [-0.4, -0.2) is 37.8 Å². The molecule has 2 aromatic heterocycles. The van der Waals surface area contributed by atoms with E-state index in [-0.39, 0.29) is 5.56 Å². The summed E-state index contributed by atoms with van der Waals surface area (Å²) in [5.74, 6) is 1.76. The van der Waals surface area contributed by atoms with Gasteiger partial charge >= 0.3 is 0 Å². The van der Waals surface area contributed by atoms with Crippen LogP contribution in [0.5, 0.6) is 0 Å². The summed E-state index contributed by atoms with van der Waals surface area (Å²) in [6.07, 6.45) is 3.52. The molecule has 0 unspecified atom stereocenters. The Morgan fingerprint density at radius 2 is 2.07 bits per heavy atom. The van der Waals surface area contributed by atoms with Crippen LogP contribution in [0.15, 0.2) is 46.4 Å². The quantitative estimate of drug-likeness (QED) is 0.425. The lowest BCUT2D eigenvalue weighted by Gasteiger charge is -2.02. The van der Waals surface area contributed by atoms with Gasteiger partial charge in [0.15, 0.2) is 0 Å². The molecule has 28 heavy (non-hydrogen) atoms. The molecule has 0 amide bonds. The standard InChI is InChI=1S/C21H27N5OS/c1-4-8-18-20(21(27)26(25-18)17-9-6-5-7-10-17)16(3)22-11-12-28-13-19-15(2)23-14-24-19/h5-7,9-10,14,25H,4,8,11-13H2,1-3H3,(H,23,24). The smallest absolute Gasteiger partial charge is 0.280 e. The van der Waals surface area contributed by atoms with E-state index in [2.05, 4.69) is 27.0 Å². The minimum atomic E-state index is -0.0318. The molecule has 148 valence electrons. The highest BCUT2D eigenvalue weighted by Crippen LogP contribution is 2.13. The highest BCUT2D eigenvalue weighted by molar-refractivity contribution is 7.98. The Labute approximate surface area is 169 Å². The lowest BCUT2D eigenvalue weighted by Crippen LogP contribution is -2.20. The third kappa shape index (κ3) is 4.65. The molecule has 0 fully saturated rings. The van der Waals surface area contributed by atoms with Gasteiger partial charge in [0, 0.05) is 35.2 Å². The molecule has 0 spiro atoms. The van der Waals surface area contributed by atoms with E-state index in [1.807, 2.05) is 44.2 Å². The van der Waals surface area contributed by atoms with Crippen LogP contribution in [0, 0.1) is 6.92 Å². The molecule has 0 saturated heterocycles. The Morgan fingerprint density at radius 3 is 2.75 bits per heavy atom. The van der Waals surface area contributed by atoms with Crippen molar-refractivity contribution in [2.24, 2.45) is 4.99 Å². The van der Waals surface area contributed by atoms with E-state index in [1.165, 1.54) is 0 Å². The first kappa shape index (κ1) is 20.2. The van der Waals surface area contributed by atoms with Gasteiger partial charge in [-0.2, -0.15) is 11.8 Å². The molecule has 3 rings (SSSR count). The summed E-state index contributed by atoms with van der Waals surface area (Å²) < 4.78 is 1.62. The molecule has 7 heteroatoms. The minimum Gasteiger partial charge on any atom is -0.348 e. The number of aromatic amines is 2. The molecular weight excluding hydrogens is 370 g/mol. The third-order valence-electron chi connectivity index (χ3n) is 4.60. The Morgan fingerprint density at radius 1 is 1.29 bits per heavy atom. The number of para-hydroxylation sites is 1. The van der Waals surface area contributed by atoms with Crippen molar-refractivity contribution < 1.29 is 0 Å². The fourth-order valence-corrected chi connectivity index (χ4v) is 3.95. The number of aliphatic imine (C=N–C) groups is 1. The summed E-state index contributed by atoms with van der Waals surface area (Å²) in [5.41, 5.74) is 5.48. The lowest BCUT2D eigenvalue weighted by atomic mass is 10.1. The van der Waals surface area contributed by atoms with Gasteiger partial charge in [0.1, 0.15) is 0 Å². The Kier molecular flexibility index (Phi) is 6.92. The summed E-state index contributed by atoms with van der Waals surface area (Å²) >= 11 is 1.80. The van der Waals surface area contributed by atoms with E-state index >= 15 is 0 Å². The summed E-state index contributed by atoms with van der Waals surface area (Å²) in [7, 11) is 0. The zero-order valence-corrected chi connectivity index (χ0v) is 17.5. The number of rotatable bonds is 9. The van der Waals surface area contributed by atoms with E-state index in [0.29, 0.717) is 12.1 Å². The minimum absolute atomic E-state index is 0.0318. The normalized spacial score (nSPS) is 11.9. The number of H-pyrrole nitrogens is 2. The molecule has 0 aliphatic rings. The van der Waals surface area contributed by atoms with Crippen molar-refractivity contribution in [3.8, 4) is 5.69 Å². The second-order valence-corrected chi connectivity index (χ2v) is 7.79. The predicted molar refractivity (Wildman–Crippen MR) is 117 cm³/mol. The SMILES string of the molecule is CCCc1[nH]n(-c2ccccc2)c(=O)c1C(C)=NCCSCc1nc[nH]c1C. The van der Waals surface area contributed by atoms with Crippen molar-refractivity contribution in [1.29, 1.82) is 0 Å². The highest BCUT2D eigenvalue weighted by atomic mass is 32.2. The van der Waals surface area contributed by atoms with Crippen molar-refractivity contribution in [3.63, 3.8) is 0 Å². The highest BCUT2D eigenvalue weighted by Gasteiger charge is 2.17. The predicted octanol–water partition coefficient (Wildman–Crippen LogP) is 3.89. The molecule has 0 atom stereocenters. The Balaban J connectivity index is 1.72. The molecule has 0 radical (unpaired) electrons. The average Bonchev–Trinajstić information content (AvgIpc) is 3.25. The first-order chi connectivity index (χ1) is 13.6. The molecule has 0 aliphatic heterocycles. The second kappa shape index (κ2) is 9.59. The van der Waals surface area contributed by atoms with Crippen LogP contribution < -0.4 is 5.56 Å². The number of nitrogens with zero attached hydrogens (tertiary/aromatic N) is 3. The van der Waals surface area contributed by atoms with Gasteiger partial charge in [0.25, 0.3) is 5.56 Å². The van der Waals surface area contributed by atoms with E-state index in [1.54, 1.807) is 22.8 Å². The van der Waals surface area contributed by atoms with Gasteiger partial charge in [-0.15, -0.1) is 0 Å². The largest absolute Gasteiger partial charge is 0.348 e. The van der Waals surface area contributed by atoms with Crippen molar-refractivity contribution in [2.75, 3.05) is 12.3 Å². The van der Waals surface area contributed by atoms with Gasteiger partial charge in [-0.05, 0) is 32.4 Å². The number of nitrogens with one attached hydrogen (secondary N) is 2. The monoisotopic (exact) mass is 397 g/mol. The van der Waals surface area contributed by atoms with Crippen LogP contribution in [0.1, 0.15) is 42.9 Å². The molecular formula is C21H27N5OS. The first-order valence-electron chi connectivity index (χ1n) is 9.59. The number of hydrogen-bond acceptors (Lipinski definition) is 4. The maximum absolute atomic E-state index is 13.0. The van der Waals surface area contributed by atoms with Gasteiger partial charge < -0.3 is 4.98 Å². The number of aromatic nitrogens is 4. The van der Waals surface area contributed by atoms with Crippen LogP contribution in [0.3, 0.4) is 0 Å². The molecule has 0 aliphatic carbocycles. The van der Waals surface area contributed by atoms with Crippen LogP contribution in [0.25, 0.3) is 5.69 Å². The number of thioether (sulfide) groups is 1. The molecule has 0 saturated carbocycles. The van der Waals surface area contributed by atoms with Gasteiger partial charge in [-0.3, -0.25) is 14.9 Å². The van der Waals surface area contributed by atoms with E-state index in [9.17, 15) is 4.79 Å². The first-order valence-corrected chi connectivity index (χ1v) is 10.7. The van der Waals surface area contributed by atoms with Crippen molar-refractivity contribution in [1.82, 2.24) is 19.7 Å². The van der Waals surface area contributed by atoms with Crippen LogP contribution in [0.2, 0.25) is 0 Å². The topological polar surface area (TPSA) is 78.8 Å². The fraction of sp³-hybridized carbons (Fsp3) is 0.381. The van der Waals surface area contributed by atoms with Crippen molar-refractivity contribution >= 4 is 17.5 Å². The Hall–Kier alpha value is -2.54. The summed E-state index contributed by atoms with van der Waals surface area (Å²) in [6.45, 7) is 6.76. The van der Waals surface area contributed by atoms with Gasteiger partial charge in [0.05, 0.1) is 23.3 Å². The van der Waals surface area contributed by atoms with Gasteiger partial charge in [-0.1, -0.05) is 31.5 Å². The van der Waals surface area contributed by atoms with Gasteiger partial charge in [0.2, 0.25) is 0 Å². The summed E-state index contributed by atoms with van der Waals surface area (Å²) in [5, 5.41) is 3.28. The number of hydrogen-bond donors (Lipinski definition) is 2. The number of aryl methyl sites for hydroxylation is 2. The third-order valence-corrected chi connectivity index (χ3v) is 5.55. The van der Waals surface area contributed by atoms with Crippen LogP contribution in [-0.2, 0) is 12.2 Å². The molecule has 2 heterocycles. The maximum atomic E-state index is 13.0. The van der Waals surface area contributed by atoms with E-state index in [0.717, 1.165) is 52.8 Å². The zero-order valence-electron chi connectivity index (χ0n) is 16.7. The summed E-state index contributed by atoms with van der Waals surface area (Å²) in [4.78, 5) is 25.1. The molecule has 1 aromatic carbocycles. The average molecular weight is 398 g/mol. The zero-order chi connectivity index (χ0) is 19.9. The van der Waals surface area contributed by atoms with Crippen molar-refractivity contribution in [2.45, 2.75) is 39.4 Å². The number of benzene rings is 1. The Bertz CT molecular complexity index is 984. The van der Waals surface area contributed by atoms with Crippen LogP contribution in [0.4, 0.5) is 0 Å². The van der Waals surface area contributed by atoms with E-state index < -0.39 is 0 Å². The lowest BCUT2D eigenvalue weighted by molar-refractivity contribution is 0.793. The number of imidazole rings is 1. The molecule has 3 aromatic rings. The van der Waals surface area contributed by atoms with Gasteiger partial charge in [-0.25, -0.2) is 9.67 Å². The molecule has 0 bridgehead atoms. The van der Waals surface area contributed by atoms with E-state index in [4.69, 9.17) is 0 Å². The maximum Gasteiger partial charge on any atom is 0.280 e. The van der Waals surface area contributed by atoms with Crippen LogP contribution >= 0.6 is 11.8 Å². The van der Waals surface area contributed by atoms with Crippen molar-refractivity contribution in [3.05, 3.63) is 69.7 Å². The fourth-order valence-electron chi connectivity index (χ4n) is 3.10. The second-order valence-electron chi connectivity index (χ2n) is 6.69.